The topological polar surface area (TPSA) is 61.5 Å². The molecule has 4 rings (SSSR count). The van der Waals surface area contributed by atoms with Gasteiger partial charge in [-0.3, -0.25) is 4.90 Å². The number of benzene rings is 1. The molecule has 1 N–H and O–H groups in total. The lowest BCUT2D eigenvalue weighted by atomic mass is 10.1. The maximum atomic E-state index is 15.1. The van der Waals surface area contributed by atoms with Gasteiger partial charge < -0.3 is 14.6 Å². The van der Waals surface area contributed by atoms with Gasteiger partial charge in [-0.1, -0.05) is 11.6 Å². The summed E-state index contributed by atoms with van der Waals surface area (Å²) < 4.78 is 62.8. The number of nitrogens with one attached hydrogen (secondary N) is 1. The van der Waals surface area contributed by atoms with Crippen LogP contribution in [0.15, 0.2) is 12.3 Å². The molecule has 1 amide bonds. The zero-order valence-electron chi connectivity index (χ0n) is 17.8. The number of alkyl halides is 2. The lowest BCUT2D eigenvalue weighted by Gasteiger charge is -2.25. The second-order valence-electron chi connectivity index (χ2n) is 8.81. The Bertz CT molecular complexity index is 1240. The first-order valence-electron chi connectivity index (χ1n) is 9.86. The van der Waals surface area contributed by atoms with Crippen LogP contribution < -0.4 is 9.80 Å². The van der Waals surface area contributed by atoms with E-state index in [4.69, 9.17) is 16.3 Å². The van der Waals surface area contributed by atoms with Gasteiger partial charge in [-0.15, -0.1) is 0 Å². The summed E-state index contributed by atoms with van der Waals surface area (Å²) in [7, 11) is 1.36. The number of halogens is 5. The van der Waals surface area contributed by atoms with Gasteiger partial charge in [0.15, 0.2) is 11.6 Å². The first-order chi connectivity index (χ1) is 14.8. The Balaban J connectivity index is 1.96. The van der Waals surface area contributed by atoms with Crippen LogP contribution in [0.3, 0.4) is 0 Å². The molecule has 11 heteroatoms. The molecule has 0 unspecified atom stereocenters. The molecule has 0 aliphatic carbocycles. The van der Waals surface area contributed by atoms with Crippen LogP contribution in [0, 0.1) is 11.6 Å². The number of amides is 1. The van der Waals surface area contributed by atoms with E-state index in [1.165, 1.54) is 18.1 Å². The number of anilines is 2. The Hall–Kier alpha value is -2.75. The minimum Gasteiger partial charge on any atom is -0.443 e. The molecule has 32 heavy (non-hydrogen) atoms. The average Bonchev–Trinajstić information content (AvgIpc) is 3.23. The Labute approximate surface area is 186 Å². The van der Waals surface area contributed by atoms with Crippen LogP contribution in [0.25, 0.3) is 21.9 Å². The molecule has 3 heterocycles. The summed E-state index contributed by atoms with van der Waals surface area (Å²) >= 11 is 6.29. The van der Waals surface area contributed by atoms with Gasteiger partial charge in [0.05, 0.1) is 45.4 Å². The first kappa shape index (κ1) is 22.4. The van der Waals surface area contributed by atoms with Crippen molar-refractivity contribution in [3.8, 4) is 0 Å². The quantitative estimate of drug-likeness (QED) is 0.474. The van der Waals surface area contributed by atoms with E-state index < -0.39 is 35.8 Å². The molecule has 1 fully saturated rings. The monoisotopic (exact) mass is 472 g/mol. The number of carbonyl (C=O) groups is 1. The number of hydrogen-bond donors (Lipinski definition) is 1. The van der Waals surface area contributed by atoms with Crippen molar-refractivity contribution < 1.29 is 27.1 Å². The van der Waals surface area contributed by atoms with E-state index in [0.29, 0.717) is 0 Å². The van der Waals surface area contributed by atoms with E-state index in [1.54, 1.807) is 20.8 Å². The summed E-state index contributed by atoms with van der Waals surface area (Å²) in [6.45, 7) is 4.39. The molecule has 2 aromatic heterocycles. The summed E-state index contributed by atoms with van der Waals surface area (Å²) in [6.07, 6.45) is 0.0871. The van der Waals surface area contributed by atoms with Crippen LogP contribution in [0.5, 0.6) is 0 Å². The Morgan fingerprint density at radius 3 is 2.59 bits per heavy atom. The third kappa shape index (κ3) is 3.80. The largest absolute Gasteiger partial charge is 0.443 e. The maximum Gasteiger partial charge on any atom is 0.414 e. The molecule has 6 nitrogen and oxygen atoms in total. The highest BCUT2D eigenvalue weighted by molar-refractivity contribution is 6.36. The van der Waals surface area contributed by atoms with Gasteiger partial charge in [-0.2, -0.15) is 0 Å². The molecule has 0 atom stereocenters. The van der Waals surface area contributed by atoms with E-state index >= 15 is 4.39 Å². The molecular formula is C21H21ClF4N4O2. The number of hydrogen-bond acceptors (Lipinski definition) is 4. The fourth-order valence-corrected chi connectivity index (χ4v) is 4.09. The highest BCUT2D eigenvalue weighted by Gasteiger charge is 2.40. The smallest absolute Gasteiger partial charge is 0.414 e. The SMILES string of the molecule is CN(C(=O)OC(C)(C)C)c1cc(F)c(F)c2c1[nH]c1ncc(Cl)c(N3CCC(F)(F)C3)c12. The van der Waals surface area contributed by atoms with Crippen LogP contribution in [0.2, 0.25) is 5.02 Å². The Morgan fingerprint density at radius 1 is 1.31 bits per heavy atom. The lowest BCUT2D eigenvalue weighted by molar-refractivity contribution is 0.0257. The van der Waals surface area contributed by atoms with Gasteiger partial charge in [0, 0.05) is 26.1 Å². The van der Waals surface area contributed by atoms with Gasteiger partial charge in [0.25, 0.3) is 5.92 Å². The number of rotatable bonds is 2. The van der Waals surface area contributed by atoms with Crippen LogP contribution in [0.4, 0.5) is 33.7 Å². The second-order valence-corrected chi connectivity index (χ2v) is 9.22. The standard InChI is InChI=1S/C21H21ClF4N4O2/c1-20(2,3)32-19(31)29(4)12-7-11(23)15(24)13-14-17(30-6-5-21(25,26)9-30)10(22)8-27-18(14)28-16(12)13/h7-8H,5-6,9H2,1-4H3,(H,27,28). The summed E-state index contributed by atoms with van der Waals surface area (Å²) in [5, 5.41) is -0.131. The van der Waals surface area contributed by atoms with E-state index in [0.717, 1.165) is 11.0 Å². The summed E-state index contributed by atoms with van der Waals surface area (Å²) in [5.41, 5.74) is -0.491. The fraction of sp³-hybridized carbons (Fsp3) is 0.429. The number of H-pyrrole nitrogens is 1. The van der Waals surface area contributed by atoms with E-state index in [1.807, 2.05) is 0 Å². The lowest BCUT2D eigenvalue weighted by Crippen LogP contribution is -2.34. The zero-order valence-corrected chi connectivity index (χ0v) is 18.6. The van der Waals surface area contributed by atoms with Crippen molar-refractivity contribution in [2.75, 3.05) is 29.9 Å². The van der Waals surface area contributed by atoms with Crippen molar-refractivity contribution in [3.63, 3.8) is 0 Å². The van der Waals surface area contributed by atoms with Crippen molar-refractivity contribution in [1.82, 2.24) is 9.97 Å². The summed E-state index contributed by atoms with van der Waals surface area (Å²) in [4.78, 5) is 22.0. The normalized spacial score (nSPS) is 16.2. The van der Waals surface area contributed by atoms with Crippen molar-refractivity contribution >= 4 is 51.0 Å². The molecule has 0 bridgehead atoms. The molecular weight excluding hydrogens is 452 g/mol. The predicted octanol–water partition coefficient (Wildman–Crippen LogP) is 5.86. The van der Waals surface area contributed by atoms with Crippen molar-refractivity contribution in [1.29, 1.82) is 0 Å². The van der Waals surface area contributed by atoms with Crippen molar-refractivity contribution in [2.45, 2.75) is 38.7 Å². The number of aromatic nitrogens is 2. The van der Waals surface area contributed by atoms with Gasteiger partial charge >= 0.3 is 6.09 Å². The molecule has 1 aliphatic rings. The van der Waals surface area contributed by atoms with Crippen molar-refractivity contribution in [2.24, 2.45) is 0 Å². The van der Waals surface area contributed by atoms with Gasteiger partial charge in [0.2, 0.25) is 0 Å². The highest BCUT2D eigenvalue weighted by Crippen LogP contribution is 2.44. The minimum absolute atomic E-state index is 0.0000238. The third-order valence-corrected chi connectivity index (χ3v) is 5.49. The van der Waals surface area contributed by atoms with Gasteiger partial charge in [-0.05, 0) is 20.8 Å². The second kappa shape index (κ2) is 7.40. The summed E-state index contributed by atoms with van der Waals surface area (Å²) in [5.74, 6) is -5.36. The predicted molar refractivity (Wildman–Crippen MR) is 115 cm³/mol. The Kier molecular flexibility index (Phi) is 5.19. The van der Waals surface area contributed by atoms with E-state index in [2.05, 4.69) is 9.97 Å². The van der Waals surface area contributed by atoms with Crippen LogP contribution in [0.1, 0.15) is 27.2 Å². The van der Waals surface area contributed by atoms with E-state index in [-0.39, 0.29) is 51.3 Å². The number of carbonyl (C=O) groups excluding carboxylic acids is 1. The minimum atomic E-state index is -2.93. The Morgan fingerprint density at radius 2 is 2.00 bits per heavy atom. The molecule has 1 saturated heterocycles. The fourth-order valence-electron chi connectivity index (χ4n) is 3.83. The van der Waals surface area contributed by atoms with Crippen LogP contribution >= 0.6 is 11.6 Å². The molecule has 0 radical (unpaired) electrons. The van der Waals surface area contributed by atoms with Crippen LogP contribution in [-0.2, 0) is 4.74 Å². The number of nitrogens with zero attached hydrogens (tertiary/aromatic N) is 3. The maximum absolute atomic E-state index is 15.1. The number of aromatic amines is 1. The van der Waals surface area contributed by atoms with Gasteiger partial charge in [0.1, 0.15) is 11.2 Å². The van der Waals surface area contributed by atoms with Crippen LogP contribution in [-0.4, -0.2) is 47.7 Å². The average molecular weight is 473 g/mol. The first-order valence-corrected chi connectivity index (χ1v) is 10.2. The molecule has 0 spiro atoms. The molecule has 3 aromatic rings. The number of pyridine rings is 1. The van der Waals surface area contributed by atoms with Crippen molar-refractivity contribution in [3.05, 3.63) is 28.9 Å². The highest BCUT2D eigenvalue weighted by atomic mass is 35.5. The summed E-state index contributed by atoms with van der Waals surface area (Å²) in [6, 6.07) is 0.863. The third-order valence-electron chi connectivity index (χ3n) is 5.21. The number of ether oxygens (including phenoxy) is 1. The zero-order chi connectivity index (χ0) is 23.6. The number of fused-ring (bicyclic) bond motifs is 3. The van der Waals surface area contributed by atoms with Gasteiger partial charge in [-0.25, -0.2) is 27.3 Å². The molecule has 1 aliphatic heterocycles. The van der Waals surface area contributed by atoms with E-state index in [9.17, 15) is 18.0 Å². The molecule has 172 valence electrons. The molecule has 0 saturated carbocycles. The molecule has 1 aromatic carbocycles.